The van der Waals surface area contributed by atoms with Crippen LogP contribution >= 0.6 is 0 Å². The molecule has 0 fully saturated rings. The van der Waals surface area contributed by atoms with Gasteiger partial charge in [0.2, 0.25) is 0 Å². The highest BCUT2D eigenvalue weighted by molar-refractivity contribution is 5.73. The van der Waals surface area contributed by atoms with E-state index in [9.17, 15) is 4.79 Å². The lowest BCUT2D eigenvalue weighted by Crippen LogP contribution is -2.30. The Morgan fingerprint density at radius 1 is 1.28 bits per heavy atom. The first-order valence-corrected chi connectivity index (χ1v) is 6.50. The first-order valence-electron chi connectivity index (χ1n) is 6.50. The van der Waals surface area contributed by atoms with Crippen LogP contribution in [0.15, 0.2) is 24.3 Å². The topological polar surface area (TPSA) is 29.5 Å². The van der Waals surface area contributed by atoms with E-state index in [0.29, 0.717) is 6.54 Å². The van der Waals surface area contributed by atoms with Gasteiger partial charge in [-0.25, -0.2) is 0 Å². The second-order valence-electron chi connectivity index (χ2n) is 4.53. The number of nitrogens with zero attached hydrogens (tertiary/aromatic N) is 1. The lowest BCUT2D eigenvalue weighted by Gasteiger charge is -2.23. The molecule has 0 bridgehead atoms. The third-order valence-corrected chi connectivity index (χ3v) is 3.31. The fraction of sp³-hybridized carbons (Fsp3) is 0.533. The Labute approximate surface area is 110 Å². The average Bonchev–Trinajstić information content (AvgIpc) is 2.43. The number of esters is 1. The molecule has 1 aromatic carbocycles. The van der Waals surface area contributed by atoms with Crippen molar-refractivity contribution in [1.82, 2.24) is 0 Å². The third kappa shape index (κ3) is 3.76. The molecule has 0 aliphatic heterocycles. The summed E-state index contributed by atoms with van der Waals surface area (Å²) in [4.78, 5) is 13.7. The quantitative estimate of drug-likeness (QED) is 0.726. The largest absolute Gasteiger partial charge is 0.469 e. The molecule has 18 heavy (non-hydrogen) atoms. The van der Waals surface area contributed by atoms with Crippen LogP contribution in [-0.2, 0) is 16.0 Å². The number of hydrogen-bond acceptors (Lipinski definition) is 3. The number of hydrogen-bond donors (Lipinski definition) is 0. The maximum Gasteiger partial charge on any atom is 0.310 e. The zero-order valence-corrected chi connectivity index (χ0v) is 11.8. The van der Waals surface area contributed by atoms with Crippen molar-refractivity contribution in [1.29, 1.82) is 0 Å². The minimum Gasteiger partial charge on any atom is -0.469 e. The molecule has 0 saturated heterocycles. The molecule has 0 spiro atoms. The Balaban J connectivity index is 2.68. The summed E-state index contributed by atoms with van der Waals surface area (Å²) < 4.78 is 4.81. The average molecular weight is 249 g/mol. The van der Waals surface area contributed by atoms with Crippen molar-refractivity contribution < 1.29 is 9.53 Å². The highest BCUT2D eigenvalue weighted by Crippen LogP contribution is 2.17. The zero-order chi connectivity index (χ0) is 13.5. The SMILES string of the molecule is CCc1ccc(N(C)CC(CC)C(=O)OC)cc1. The van der Waals surface area contributed by atoms with Gasteiger partial charge in [-0.2, -0.15) is 0 Å². The van der Waals surface area contributed by atoms with Crippen LogP contribution in [0.4, 0.5) is 5.69 Å². The minimum atomic E-state index is -0.130. The predicted molar refractivity (Wildman–Crippen MR) is 74.9 cm³/mol. The van der Waals surface area contributed by atoms with E-state index in [0.717, 1.165) is 18.5 Å². The molecule has 3 nitrogen and oxygen atoms in total. The normalized spacial score (nSPS) is 12.0. The summed E-state index contributed by atoms with van der Waals surface area (Å²) in [5, 5.41) is 0. The van der Waals surface area contributed by atoms with Gasteiger partial charge in [-0.1, -0.05) is 26.0 Å². The van der Waals surface area contributed by atoms with Crippen LogP contribution in [0, 0.1) is 5.92 Å². The second kappa shape index (κ2) is 7.04. The Morgan fingerprint density at radius 3 is 2.33 bits per heavy atom. The van der Waals surface area contributed by atoms with Crippen molar-refractivity contribution in [3.8, 4) is 0 Å². The van der Waals surface area contributed by atoms with E-state index in [1.165, 1.54) is 12.7 Å². The molecular weight excluding hydrogens is 226 g/mol. The first-order chi connectivity index (χ1) is 8.62. The van der Waals surface area contributed by atoms with Crippen LogP contribution in [0.3, 0.4) is 0 Å². The van der Waals surface area contributed by atoms with Gasteiger partial charge in [0, 0.05) is 19.3 Å². The van der Waals surface area contributed by atoms with E-state index in [1.807, 2.05) is 14.0 Å². The van der Waals surface area contributed by atoms with Crippen molar-refractivity contribution >= 4 is 11.7 Å². The maximum atomic E-state index is 11.6. The molecule has 0 radical (unpaired) electrons. The van der Waals surface area contributed by atoms with Gasteiger partial charge in [-0.15, -0.1) is 0 Å². The lowest BCUT2D eigenvalue weighted by atomic mass is 10.1. The summed E-state index contributed by atoms with van der Waals surface area (Å²) >= 11 is 0. The molecule has 0 saturated carbocycles. The fourth-order valence-electron chi connectivity index (χ4n) is 1.96. The number of methoxy groups -OCH3 is 1. The lowest BCUT2D eigenvalue weighted by molar-refractivity contribution is -0.145. The monoisotopic (exact) mass is 249 g/mol. The van der Waals surface area contributed by atoms with Gasteiger partial charge in [0.25, 0.3) is 0 Å². The van der Waals surface area contributed by atoms with Gasteiger partial charge in [-0.05, 0) is 30.5 Å². The maximum absolute atomic E-state index is 11.6. The molecular formula is C15H23NO2. The number of anilines is 1. The summed E-state index contributed by atoms with van der Waals surface area (Å²) in [7, 11) is 3.45. The smallest absolute Gasteiger partial charge is 0.310 e. The van der Waals surface area contributed by atoms with Crippen molar-refractivity contribution in [3.05, 3.63) is 29.8 Å². The van der Waals surface area contributed by atoms with Crippen molar-refractivity contribution in [3.63, 3.8) is 0 Å². The third-order valence-electron chi connectivity index (χ3n) is 3.31. The molecule has 1 rings (SSSR count). The number of ether oxygens (including phenoxy) is 1. The number of rotatable bonds is 6. The molecule has 0 aliphatic carbocycles. The van der Waals surface area contributed by atoms with Crippen LogP contribution in [0.5, 0.6) is 0 Å². The second-order valence-corrected chi connectivity index (χ2v) is 4.53. The number of benzene rings is 1. The van der Waals surface area contributed by atoms with Crippen LogP contribution in [-0.4, -0.2) is 26.7 Å². The molecule has 100 valence electrons. The van der Waals surface area contributed by atoms with E-state index < -0.39 is 0 Å². The summed E-state index contributed by atoms with van der Waals surface area (Å²) in [5.41, 5.74) is 2.46. The van der Waals surface area contributed by atoms with Crippen LogP contribution in [0.2, 0.25) is 0 Å². The van der Waals surface area contributed by atoms with Crippen molar-refractivity contribution in [2.75, 3.05) is 25.6 Å². The molecule has 1 atom stereocenters. The Bertz CT molecular complexity index is 373. The molecule has 1 aromatic rings. The van der Waals surface area contributed by atoms with E-state index in [2.05, 4.69) is 36.1 Å². The fourth-order valence-corrected chi connectivity index (χ4v) is 1.96. The highest BCUT2D eigenvalue weighted by atomic mass is 16.5. The number of carbonyl (C=O) groups is 1. The Kier molecular flexibility index (Phi) is 5.69. The molecule has 3 heteroatoms. The predicted octanol–water partition coefficient (Wildman–Crippen LogP) is 2.88. The van der Waals surface area contributed by atoms with Gasteiger partial charge in [-0.3, -0.25) is 4.79 Å². The molecule has 0 N–H and O–H groups in total. The molecule has 0 amide bonds. The summed E-state index contributed by atoms with van der Waals surface area (Å²) in [5.74, 6) is -0.194. The number of carbonyl (C=O) groups excluding carboxylic acids is 1. The zero-order valence-electron chi connectivity index (χ0n) is 11.8. The first kappa shape index (κ1) is 14.6. The van der Waals surface area contributed by atoms with E-state index in [4.69, 9.17) is 4.74 Å². The van der Waals surface area contributed by atoms with Crippen LogP contribution < -0.4 is 4.90 Å². The Hall–Kier alpha value is -1.51. The van der Waals surface area contributed by atoms with Crippen LogP contribution in [0.1, 0.15) is 25.8 Å². The molecule has 0 aromatic heterocycles. The van der Waals surface area contributed by atoms with E-state index in [-0.39, 0.29) is 11.9 Å². The van der Waals surface area contributed by atoms with Gasteiger partial charge >= 0.3 is 5.97 Å². The van der Waals surface area contributed by atoms with Gasteiger partial charge in [0.05, 0.1) is 13.0 Å². The van der Waals surface area contributed by atoms with Gasteiger partial charge in [0.15, 0.2) is 0 Å². The standard InChI is InChI=1S/C15H23NO2/c1-5-12-7-9-14(10-8-12)16(3)11-13(6-2)15(17)18-4/h7-10,13H,5-6,11H2,1-4H3. The Morgan fingerprint density at radius 2 is 1.89 bits per heavy atom. The van der Waals surface area contributed by atoms with Gasteiger partial charge < -0.3 is 9.64 Å². The number of aryl methyl sites for hydroxylation is 1. The molecule has 0 heterocycles. The minimum absolute atomic E-state index is 0.0640. The van der Waals surface area contributed by atoms with E-state index >= 15 is 0 Å². The summed E-state index contributed by atoms with van der Waals surface area (Å²) in [6.45, 7) is 4.84. The summed E-state index contributed by atoms with van der Waals surface area (Å²) in [6.07, 6.45) is 1.84. The molecule has 1 unspecified atom stereocenters. The van der Waals surface area contributed by atoms with Crippen LogP contribution in [0.25, 0.3) is 0 Å². The van der Waals surface area contributed by atoms with E-state index in [1.54, 1.807) is 0 Å². The van der Waals surface area contributed by atoms with Crippen molar-refractivity contribution in [2.45, 2.75) is 26.7 Å². The molecule has 0 aliphatic rings. The highest BCUT2D eigenvalue weighted by Gasteiger charge is 2.19. The van der Waals surface area contributed by atoms with Gasteiger partial charge in [0.1, 0.15) is 0 Å². The van der Waals surface area contributed by atoms with Crippen molar-refractivity contribution in [2.24, 2.45) is 5.92 Å². The summed E-state index contributed by atoms with van der Waals surface area (Å²) in [6, 6.07) is 8.46.